The number of carbonyl (C=O) groups is 2. The Balaban J connectivity index is 0.000000209. The molecule has 2 aromatic heterocycles. The maximum atomic E-state index is 12.1. The zero-order valence-corrected chi connectivity index (χ0v) is 20.1. The Labute approximate surface area is 210 Å². The Morgan fingerprint density at radius 2 is 1.95 bits per heavy atom. The van der Waals surface area contributed by atoms with Crippen molar-refractivity contribution in [3.63, 3.8) is 0 Å². The number of rotatable bonds is 4. The van der Waals surface area contributed by atoms with Crippen molar-refractivity contribution in [2.24, 2.45) is 7.05 Å². The maximum Gasteiger partial charge on any atom is 0.416 e. The predicted octanol–water partition coefficient (Wildman–Crippen LogP) is 4.94. The van der Waals surface area contributed by atoms with Crippen LogP contribution < -0.4 is 10.1 Å². The summed E-state index contributed by atoms with van der Waals surface area (Å²) in [5, 5.41) is 3.27. The van der Waals surface area contributed by atoms with Crippen molar-refractivity contribution in [2.75, 3.05) is 11.9 Å². The van der Waals surface area contributed by atoms with Crippen LogP contribution in [0, 0.1) is 0 Å². The Hall–Kier alpha value is -4.41. The van der Waals surface area contributed by atoms with Crippen molar-refractivity contribution in [2.45, 2.75) is 26.1 Å². The quantitative estimate of drug-likeness (QED) is 0.392. The van der Waals surface area contributed by atoms with Gasteiger partial charge < -0.3 is 19.5 Å². The molecule has 0 saturated carbocycles. The first-order valence-corrected chi connectivity index (χ1v) is 11.3. The average molecular weight is 512 g/mol. The second kappa shape index (κ2) is 10.7. The molecule has 2 aromatic carbocycles. The number of benzene rings is 2. The molecule has 0 unspecified atom stereocenters. The van der Waals surface area contributed by atoms with Gasteiger partial charge in [-0.2, -0.15) is 13.2 Å². The number of amides is 2. The van der Waals surface area contributed by atoms with E-state index in [2.05, 4.69) is 25.9 Å². The molecule has 0 bridgehead atoms. The van der Waals surface area contributed by atoms with Crippen LogP contribution in [0.4, 0.5) is 18.9 Å². The number of ether oxygens (including phenoxy) is 1. The fraction of sp³-hybridized carbons (Fsp3) is 0.231. The van der Waals surface area contributed by atoms with E-state index < -0.39 is 11.7 Å². The third-order valence-electron chi connectivity index (χ3n) is 5.90. The van der Waals surface area contributed by atoms with Crippen molar-refractivity contribution in [3.8, 4) is 11.6 Å². The smallest absolute Gasteiger partial charge is 0.416 e. The first-order valence-electron chi connectivity index (χ1n) is 11.3. The first-order chi connectivity index (χ1) is 17.7. The molecule has 1 aliphatic rings. The van der Waals surface area contributed by atoms with Crippen LogP contribution in [0.3, 0.4) is 0 Å². The highest BCUT2D eigenvalue weighted by molar-refractivity contribution is 5.81. The summed E-state index contributed by atoms with van der Waals surface area (Å²) in [5.41, 5.74) is 2.36. The average Bonchev–Trinajstić information content (AvgIpc) is 3.24. The van der Waals surface area contributed by atoms with Crippen LogP contribution in [0.25, 0.3) is 10.9 Å². The Kier molecular flexibility index (Phi) is 7.42. The summed E-state index contributed by atoms with van der Waals surface area (Å²) >= 11 is 0. The number of aromatic nitrogens is 3. The van der Waals surface area contributed by atoms with E-state index in [9.17, 15) is 22.8 Å². The SMILES string of the molecule is CC(=O)N1CCc2c(ncnc2Oc2ccc3c(ccn3C)c2)C1.O=CNc1cccc(C(F)(F)F)c1. The van der Waals surface area contributed by atoms with Gasteiger partial charge in [0, 0.05) is 48.9 Å². The van der Waals surface area contributed by atoms with Crippen LogP contribution in [0.2, 0.25) is 0 Å². The number of fused-ring (bicyclic) bond motifs is 2. The van der Waals surface area contributed by atoms with Gasteiger partial charge in [0.1, 0.15) is 12.1 Å². The lowest BCUT2D eigenvalue weighted by Crippen LogP contribution is -2.35. The third kappa shape index (κ3) is 6.05. The second-order valence-electron chi connectivity index (χ2n) is 8.38. The number of alkyl halides is 3. The van der Waals surface area contributed by atoms with E-state index in [-0.39, 0.29) is 11.6 Å². The van der Waals surface area contributed by atoms with Gasteiger partial charge in [-0.25, -0.2) is 9.97 Å². The van der Waals surface area contributed by atoms with E-state index in [0.717, 1.165) is 40.0 Å². The second-order valence-corrected chi connectivity index (χ2v) is 8.38. The van der Waals surface area contributed by atoms with Gasteiger partial charge in [0.15, 0.2) is 0 Å². The molecule has 0 saturated heterocycles. The number of hydrogen-bond acceptors (Lipinski definition) is 5. The minimum Gasteiger partial charge on any atom is -0.439 e. The van der Waals surface area contributed by atoms with Crippen LogP contribution in [-0.4, -0.2) is 38.3 Å². The van der Waals surface area contributed by atoms with Crippen molar-refractivity contribution >= 4 is 28.9 Å². The molecule has 0 atom stereocenters. The third-order valence-corrected chi connectivity index (χ3v) is 5.90. The van der Waals surface area contributed by atoms with Gasteiger partial charge in [-0.05, 0) is 48.9 Å². The van der Waals surface area contributed by atoms with E-state index in [1.807, 2.05) is 31.4 Å². The van der Waals surface area contributed by atoms with Crippen LogP contribution in [0.15, 0.2) is 61.1 Å². The normalized spacial score (nSPS) is 12.8. The minimum atomic E-state index is -4.37. The molecule has 1 N–H and O–H groups in total. The predicted molar refractivity (Wildman–Crippen MR) is 131 cm³/mol. The lowest BCUT2D eigenvalue weighted by Gasteiger charge is -2.27. The maximum absolute atomic E-state index is 12.1. The van der Waals surface area contributed by atoms with Gasteiger partial charge in [-0.1, -0.05) is 6.07 Å². The number of carbonyl (C=O) groups excluding carboxylic acids is 2. The molecule has 11 heteroatoms. The number of aryl methyl sites for hydroxylation is 1. The number of halogens is 3. The molecule has 4 aromatic rings. The number of nitrogens with zero attached hydrogens (tertiary/aromatic N) is 4. The molecule has 37 heavy (non-hydrogen) atoms. The molecule has 0 aliphatic carbocycles. The summed E-state index contributed by atoms with van der Waals surface area (Å²) < 4.78 is 44.4. The molecular formula is C26H24F3N5O3. The molecule has 8 nitrogen and oxygen atoms in total. The van der Waals surface area contributed by atoms with Crippen molar-refractivity contribution in [1.82, 2.24) is 19.4 Å². The molecule has 0 radical (unpaired) electrons. The van der Waals surface area contributed by atoms with E-state index >= 15 is 0 Å². The summed E-state index contributed by atoms with van der Waals surface area (Å²) in [6.45, 7) is 2.77. The highest BCUT2D eigenvalue weighted by Crippen LogP contribution is 2.31. The molecular weight excluding hydrogens is 487 g/mol. The zero-order chi connectivity index (χ0) is 26.6. The Morgan fingerprint density at radius 1 is 1.14 bits per heavy atom. The molecule has 1 aliphatic heterocycles. The first kappa shape index (κ1) is 25.7. The summed E-state index contributed by atoms with van der Waals surface area (Å²) in [6, 6.07) is 12.5. The summed E-state index contributed by atoms with van der Waals surface area (Å²) in [5.74, 6) is 1.40. The van der Waals surface area contributed by atoms with Gasteiger partial charge in [0.05, 0.1) is 17.8 Å². The zero-order valence-electron chi connectivity index (χ0n) is 20.1. The summed E-state index contributed by atoms with van der Waals surface area (Å²) in [6.07, 6.45) is 0.185. The van der Waals surface area contributed by atoms with Crippen LogP contribution >= 0.6 is 0 Å². The van der Waals surface area contributed by atoms with E-state index in [0.29, 0.717) is 31.8 Å². The number of nitrogens with one attached hydrogen (secondary N) is 1. The molecule has 2 amide bonds. The lowest BCUT2D eigenvalue weighted by atomic mass is 10.1. The van der Waals surface area contributed by atoms with Gasteiger partial charge >= 0.3 is 6.18 Å². The Bertz CT molecular complexity index is 1430. The van der Waals surface area contributed by atoms with Crippen LogP contribution in [0.5, 0.6) is 11.6 Å². The van der Waals surface area contributed by atoms with E-state index in [4.69, 9.17) is 4.74 Å². The molecule has 192 valence electrons. The number of hydrogen-bond donors (Lipinski definition) is 1. The molecule has 0 spiro atoms. The highest BCUT2D eigenvalue weighted by Gasteiger charge is 2.30. The fourth-order valence-corrected chi connectivity index (χ4v) is 3.97. The van der Waals surface area contributed by atoms with Crippen molar-refractivity contribution in [1.29, 1.82) is 0 Å². The molecule has 5 rings (SSSR count). The van der Waals surface area contributed by atoms with Crippen LogP contribution in [-0.2, 0) is 35.8 Å². The van der Waals surface area contributed by atoms with Crippen molar-refractivity contribution < 1.29 is 27.5 Å². The van der Waals surface area contributed by atoms with E-state index in [1.54, 1.807) is 11.8 Å². The largest absolute Gasteiger partial charge is 0.439 e. The fourth-order valence-electron chi connectivity index (χ4n) is 3.97. The summed E-state index contributed by atoms with van der Waals surface area (Å²) in [4.78, 5) is 31.9. The summed E-state index contributed by atoms with van der Waals surface area (Å²) in [7, 11) is 2.02. The topological polar surface area (TPSA) is 89.4 Å². The lowest BCUT2D eigenvalue weighted by molar-refractivity contribution is -0.137. The standard InChI is InChI=1S/C18H18N4O2.C8H6F3NO/c1-12(23)22-8-6-15-16(10-22)19-11-20-18(15)24-14-3-4-17-13(9-14)5-7-21(17)2;9-8(10,11)6-2-1-3-7(4-6)12-5-13/h3-5,7,9,11H,6,8,10H2,1-2H3;1-5H,(H,12,13). The number of anilines is 1. The van der Waals surface area contributed by atoms with Gasteiger partial charge in [0.2, 0.25) is 18.2 Å². The minimum absolute atomic E-state index is 0.0660. The molecule has 0 fully saturated rings. The van der Waals surface area contributed by atoms with Crippen molar-refractivity contribution in [3.05, 3.63) is 77.9 Å². The van der Waals surface area contributed by atoms with E-state index in [1.165, 1.54) is 18.5 Å². The van der Waals surface area contributed by atoms with Crippen LogP contribution in [0.1, 0.15) is 23.7 Å². The van der Waals surface area contributed by atoms with Gasteiger partial charge in [-0.15, -0.1) is 0 Å². The van der Waals surface area contributed by atoms with Gasteiger partial charge in [0.25, 0.3) is 0 Å². The highest BCUT2D eigenvalue weighted by atomic mass is 19.4. The monoisotopic (exact) mass is 511 g/mol. The Morgan fingerprint density at radius 3 is 2.68 bits per heavy atom. The van der Waals surface area contributed by atoms with Gasteiger partial charge in [-0.3, -0.25) is 9.59 Å². The molecule has 3 heterocycles.